The Kier molecular flexibility index (Phi) is 18.9. The maximum atomic E-state index is 12.5. The van der Waals surface area contributed by atoms with Crippen molar-refractivity contribution in [1.82, 2.24) is 21.4 Å². The molecule has 0 aliphatic carbocycles. The lowest BCUT2D eigenvalue weighted by Gasteiger charge is -2.19. The molecule has 193 valence electrons. The highest BCUT2D eigenvalue weighted by Gasteiger charge is 2.20. The number of unbranched alkanes of at least 4 members (excludes halogenated alkanes) is 8. The molecule has 0 saturated carbocycles. The van der Waals surface area contributed by atoms with Crippen LogP contribution in [-0.2, 0) is 9.59 Å². The summed E-state index contributed by atoms with van der Waals surface area (Å²) in [6.45, 7) is 6.03. The molecule has 0 aromatic carbocycles. The van der Waals surface area contributed by atoms with Crippen LogP contribution >= 0.6 is 0 Å². The van der Waals surface area contributed by atoms with E-state index in [2.05, 4.69) is 22.0 Å². The molecule has 0 aliphatic heterocycles. The largest absolute Gasteiger partial charge is 0.352 e. The second-order valence-corrected chi connectivity index (χ2v) is 8.76. The number of nitrogens with one attached hydrogen (secondary N) is 5. The molecule has 1 atom stereocenters. The van der Waals surface area contributed by atoms with E-state index in [0.29, 0.717) is 31.6 Å². The summed E-state index contributed by atoms with van der Waals surface area (Å²) >= 11 is 0. The summed E-state index contributed by atoms with van der Waals surface area (Å²) in [4.78, 5) is 35.2. The van der Waals surface area contributed by atoms with Gasteiger partial charge in [0.2, 0.25) is 11.8 Å². The molecule has 0 aromatic heterocycles. The van der Waals surface area contributed by atoms with E-state index < -0.39 is 17.0 Å². The summed E-state index contributed by atoms with van der Waals surface area (Å²) in [5.41, 5.74) is 1.71. The quantitative estimate of drug-likeness (QED) is 0.0584. The Hall–Kier alpha value is -2.90. The molecule has 2 amide bonds. The Morgan fingerprint density at radius 1 is 1.06 bits per heavy atom. The van der Waals surface area contributed by atoms with Gasteiger partial charge in [0.15, 0.2) is 5.03 Å². The molecule has 0 bridgehead atoms. The van der Waals surface area contributed by atoms with Gasteiger partial charge in [-0.05, 0) is 38.0 Å². The number of amides is 2. The van der Waals surface area contributed by atoms with Crippen LogP contribution in [0.1, 0.15) is 97.3 Å². The van der Waals surface area contributed by atoms with Gasteiger partial charge in [0.05, 0.1) is 6.07 Å². The molecule has 0 saturated heterocycles. The van der Waals surface area contributed by atoms with E-state index >= 15 is 0 Å². The molecule has 34 heavy (non-hydrogen) atoms. The van der Waals surface area contributed by atoms with Gasteiger partial charge in [-0.25, -0.2) is 10.1 Å². The van der Waals surface area contributed by atoms with Crippen LogP contribution < -0.4 is 21.4 Å². The fraction of sp³-hybridized carbons (Fsp3) is 0.783. The lowest BCUT2D eigenvalue weighted by molar-refractivity contribution is -0.525. The van der Waals surface area contributed by atoms with Crippen molar-refractivity contribution in [2.24, 2.45) is 5.92 Å². The van der Waals surface area contributed by atoms with Crippen LogP contribution in [0.2, 0.25) is 0 Å². The van der Waals surface area contributed by atoms with Crippen molar-refractivity contribution in [3.05, 3.63) is 16.7 Å². The van der Waals surface area contributed by atoms with Gasteiger partial charge in [-0.15, -0.1) is 0 Å². The number of nitro groups is 1. The van der Waals surface area contributed by atoms with Crippen LogP contribution in [0.25, 0.3) is 0 Å². The van der Waals surface area contributed by atoms with Crippen LogP contribution in [0, 0.1) is 39.3 Å². The number of hydrogen-bond donors (Lipinski definition) is 5. The van der Waals surface area contributed by atoms with Crippen molar-refractivity contribution in [3.63, 3.8) is 0 Å². The van der Waals surface area contributed by atoms with Crippen molar-refractivity contribution >= 4 is 17.8 Å². The van der Waals surface area contributed by atoms with E-state index in [1.165, 1.54) is 0 Å². The first-order valence-corrected chi connectivity index (χ1v) is 12.3. The molecule has 11 nitrogen and oxygen atoms in total. The number of hydrogen-bond acceptors (Lipinski definition) is 6. The lowest BCUT2D eigenvalue weighted by Crippen LogP contribution is -2.46. The predicted octanol–water partition coefficient (Wildman–Crippen LogP) is 3.31. The van der Waals surface area contributed by atoms with Crippen LogP contribution in [0.3, 0.4) is 0 Å². The topological polar surface area (TPSA) is 173 Å². The maximum Gasteiger partial charge on any atom is 0.251 e. The molecule has 11 heteroatoms. The van der Waals surface area contributed by atoms with Gasteiger partial charge in [-0.3, -0.25) is 15.0 Å². The van der Waals surface area contributed by atoms with Crippen LogP contribution in [0.5, 0.6) is 0 Å². The SMILES string of the molecule is CC(C)C[CH]NC(=O)[C@H](CCCNC(=N)N[N+](=O)[O-])NC(=O)CCCCCCCCCCC#N. The van der Waals surface area contributed by atoms with Crippen molar-refractivity contribution in [3.8, 4) is 6.07 Å². The summed E-state index contributed by atoms with van der Waals surface area (Å²) in [5, 5.41) is 33.5. The van der Waals surface area contributed by atoms with Crippen molar-refractivity contribution < 1.29 is 14.6 Å². The van der Waals surface area contributed by atoms with Crippen molar-refractivity contribution in [2.75, 3.05) is 6.54 Å². The number of hydrazine groups is 1. The minimum absolute atomic E-state index is 0.170. The highest BCUT2D eigenvalue weighted by molar-refractivity contribution is 5.87. The molecule has 0 aromatic rings. The van der Waals surface area contributed by atoms with Crippen molar-refractivity contribution in [2.45, 2.75) is 103 Å². The van der Waals surface area contributed by atoms with Gasteiger partial charge in [0.1, 0.15) is 6.04 Å². The molecular formula is C23H42N7O4. The van der Waals surface area contributed by atoms with Gasteiger partial charge >= 0.3 is 0 Å². The molecule has 5 N–H and O–H groups in total. The highest BCUT2D eigenvalue weighted by atomic mass is 16.7. The second kappa shape index (κ2) is 20.7. The number of nitriles is 1. The summed E-state index contributed by atoms with van der Waals surface area (Å²) < 4.78 is 0. The predicted molar refractivity (Wildman–Crippen MR) is 131 cm³/mol. The van der Waals surface area contributed by atoms with E-state index in [1.54, 1.807) is 12.0 Å². The maximum absolute atomic E-state index is 12.5. The second-order valence-electron chi connectivity index (χ2n) is 8.76. The normalized spacial score (nSPS) is 11.4. The molecule has 0 unspecified atom stereocenters. The Bertz CT molecular complexity index is 650. The first-order valence-electron chi connectivity index (χ1n) is 12.3. The molecule has 0 fully saturated rings. The average molecular weight is 481 g/mol. The number of carbonyl (C=O) groups excluding carboxylic acids is 2. The number of rotatable bonds is 20. The Balaban J connectivity index is 4.28. The third-order valence-corrected chi connectivity index (χ3v) is 5.10. The third kappa shape index (κ3) is 19.8. The zero-order valence-corrected chi connectivity index (χ0v) is 20.7. The number of nitrogens with zero attached hydrogens (tertiary/aromatic N) is 2. The average Bonchev–Trinajstić information content (AvgIpc) is 2.76. The van der Waals surface area contributed by atoms with Gasteiger partial charge in [-0.2, -0.15) is 5.26 Å². The monoisotopic (exact) mass is 480 g/mol. The summed E-state index contributed by atoms with van der Waals surface area (Å²) in [7, 11) is 0. The highest BCUT2D eigenvalue weighted by Crippen LogP contribution is 2.11. The van der Waals surface area contributed by atoms with Crippen LogP contribution in [0.15, 0.2) is 0 Å². The molecule has 0 heterocycles. The van der Waals surface area contributed by atoms with Crippen molar-refractivity contribution in [1.29, 1.82) is 10.7 Å². The molecule has 1 radical (unpaired) electrons. The van der Waals surface area contributed by atoms with E-state index in [9.17, 15) is 19.7 Å². The third-order valence-electron chi connectivity index (χ3n) is 5.10. The zero-order valence-electron chi connectivity index (χ0n) is 20.7. The lowest BCUT2D eigenvalue weighted by atomic mass is 10.1. The van der Waals surface area contributed by atoms with E-state index in [1.807, 2.05) is 13.8 Å². The Labute approximate surface area is 203 Å². The number of guanidine groups is 1. The van der Waals surface area contributed by atoms with E-state index in [0.717, 1.165) is 57.8 Å². The van der Waals surface area contributed by atoms with Crippen LogP contribution in [0.4, 0.5) is 0 Å². The first kappa shape index (κ1) is 31.1. The summed E-state index contributed by atoms with van der Waals surface area (Å²) in [6.07, 6.45) is 10.8. The van der Waals surface area contributed by atoms with E-state index in [-0.39, 0.29) is 18.4 Å². The zero-order chi connectivity index (χ0) is 25.6. The fourth-order valence-corrected chi connectivity index (χ4v) is 3.23. The minimum Gasteiger partial charge on any atom is -0.352 e. The minimum atomic E-state index is -0.826. The first-order chi connectivity index (χ1) is 16.3. The molecule has 0 aliphatic rings. The smallest absolute Gasteiger partial charge is 0.251 e. The van der Waals surface area contributed by atoms with Gasteiger partial charge in [-0.1, -0.05) is 57.8 Å². The molecule has 0 rings (SSSR count). The summed E-state index contributed by atoms with van der Waals surface area (Å²) in [6, 6.07) is 1.45. The van der Waals surface area contributed by atoms with Gasteiger partial charge < -0.3 is 16.0 Å². The summed E-state index contributed by atoms with van der Waals surface area (Å²) in [5.74, 6) is -0.488. The standard InChI is InChI=1S/C23H42N7O4/c1-19(2)15-18-26-22(32)20(13-12-17-27-23(25)29-30(33)34)28-21(31)14-10-8-6-4-3-5-7-9-11-16-24/h18-20H,3-15,17H2,1-2H3,(H,26,32)(H,28,31)(H3,25,27,29)/t20-/m0/s1. The Morgan fingerprint density at radius 3 is 2.26 bits per heavy atom. The van der Waals surface area contributed by atoms with Gasteiger partial charge in [0, 0.05) is 25.9 Å². The molecule has 0 spiro atoms. The molecular weight excluding hydrogens is 438 g/mol. The van der Waals surface area contributed by atoms with E-state index in [4.69, 9.17) is 10.7 Å². The van der Waals surface area contributed by atoms with Gasteiger partial charge in [0.25, 0.3) is 5.96 Å². The fourth-order valence-electron chi connectivity index (χ4n) is 3.23. The van der Waals surface area contributed by atoms with Crippen LogP contribution in [-0.4, -0.2) is 35.4 Å². The Morgan fingerprint density at radius 2 is 1.68 bits per heavy atom. The number of carbonyl (C=O) groups is 2.